The van der Waals surface area contributed by atoms with Crippen LogP contribution in [0, 0.1) is 0 Å². The molecule has 0 fully saturated rings. The maximum Gasteiger partial charge on any atom is 0.302 e. The summed E-state index contributed by atoms with van der Waals surface area (Å²) in [6, 6.07) is 0. The van der Waals surface area contributed by atoms with Gasteiger partial charge in [0.25, 0.3) is 0 Å². The van der Waals surface area contributed by atoms with Crippen LogP contribution in [0.4, 0.5) is 0 Å². The number of esters is 2. The van der Waals surface area contributed by atoms with Gasteiger partial charge in [0.15, 0.2) is 0 Å². The zero-order valence-electron chi connectivity index (χ0n) is 15.9. The van der Waals surface area contributed by atoms with E-state index in [0.29, 0.717) is 6.61 Å². The SMILES string of the molecule is CCC(C)OC(C)=O.CCCCCC.CCCCOC(C)=O. The summed E-state index contributed by atoms with van der Waals surface area (Å²) in [6.07, 6.45) is 8.55. The third kappa shape index (κ3) is 36.4. The van der Waals surface area contributed by atoms with Crippen LogP contribution in [-0.4, -0.2) is 24.6 Å². The van der Waals surface area contributed by atoms with E-state index in [-0.39, 0.29) is 18.0 Å². The van der Waals surface area contributed by atoms with Gasteiger partial charge in [-0.3, -0.25) is 9.59 Å². The molecule has 1 atom stereocenters. The molecule has 0 N–H and O–H groups in total. The fourth-order valence-electron chi connectivity index (χ4n) is 1.23. The second-order valence-electron chi connectivity index (χ2n) is 5.23. The van der Waals surface area contributed by atoms with Gasteiger partial charge in [-0.05, 0) is 19.8 Å². The molecule has 134 valence electrons. The summed E-state index contributed by atoms with van der Waals surface area (Å²) in [7, 11) is 0. The minimum Gasteiger partial charge on any atom is -0.466 e. The highest BCUT2D eigenvalue weighted by Gasteiger charge is 1.99. The number of rotatable bonds is 8. The van der Waals surface area contributed by atoms with E-state index in [1.807, 2.05) is 13.8 Å². The maximum atomic E-state index is 10.2. The Morgan fingerprint density at radius 2 is 1.27 bits per heavy atom. The number of carbonyl (C=O) groups is 2. The van der Waals surface area contributed by atoms with Crippen LogP contribution < -0.4 is 0 Å². The molecular weight excluding hydrogens is 280 g/mol. The lowest BCUT2D eigenvalue weighted by Crippen LogP contribution is -2.09. The molecule has 0 spiro atoms. The summed E-state index contributed by atoms with van der Waals surface area (Å²) in [6.45, 7) is 13.8. The van der Waals surface area contributed by atoms with E-state index in [1.165, 1.54) is 39.5 Å². The van der Waals surface area contributed by atoms with Crippen molar-refractivity contribution in [2.24, 2.45) is 0 Å². The van der Waals surface area contributed by atoms with E-state index < -0.39 is 0 Å². The molecule has 0 radical (unpaired) electrons. The van der Waals surface area contributed by atoms with Crippen LogP contribution >= 0.6 is 0 Å². The van der Waals surface area contributed by atoms with Crippen LogP contribution in [0.15, 0.2) is 0 Å². The highest BCUT2D eigenvalue weighted by Crippen LogP contribution is 1.95. The van der Waals surface area contributed by atoms with E-state index in [0.717, 1.165) is 19.3 Å². The zero-order valence-corrected chi connectivity index (χ0v) is 15.9. The largest absolute Gasteiger partial charge is 0.466 e. The van der Waals surface area contributed by atoms with E-state index in [9.17, 15) is 9.59 Å². The fraction of sp³-hybridized carbons (Fsp3) is 0.889. The average Bonchev–Trinajstić information content (AvgIpc) is 2.45. The van der Waals surface area contributed by atoms with Gasteiger partial charge in [-0.15, -0.1) is 0 Å². The predicted octanol–water partition coefficient (Wildman–Crippen LogP) is 5.28. The van der Waals surface area contributed by atoms with Crippen LogP contribution in [0.2, 0.25) is 0 Å². The average molecular weight is 318 g/mol. The summed E-state index contributed by atoms with van der Waals surface area (Å²) in [5, 5.41) is 0. The maximum absolute atomic E-state index is 10.2. The quantitative estimate of drug-likeness (QED) is 0.451. The first kappa shape index (κ1) is 25.9. The van der Waals surface area contributed by atoms with Crippen LogP contribution in [0.25, 0.3) is 0 Å². The molecule has 0 heterocycles. The van der Waals surface area contributed by atoms with Gasteiger partial charge < -0.3 is 9.47 Å². The number of hydrogen-bond donors (Lipinski definition) is 0. The molecule has 0 bridgehead atoms. The van der Waals surface area contributed by atoms with Crippen LogP contribution in [0.5, 0.6) is 0 Å². The van der Waals surface area contributed by atoms with Gasteiger partial charge in [0, 0.05) is 13.8 Å². The minimum atomic E-state index is -0.195. The van der Waals surface area contributed by atoms with Gasteiger partial charge in [0.1, 0.15) is 0 Å². The van der Waals surface area contributed by atoms with Crippen molar-refractivity contribution >= 4 is 11.9 Å². The molecular formula is C18H38O4. The third-order valence-electron chi connectivity index (χ3n) is 2.70. The van der Waals surface area contributed by atoms with Gasteiger partial charge in [-0.1, -0.05) is 59.8 Å². The topological polar surface area (TPSA) is 52.6 Å². The smallest absolute Gasteiger partial charge is 0.302 e. The number of carbonyl (C=O) groups excluding carboxylic acids is 2. The van der Waals surface area contributed by atoms with Gasteiger partial charge in [-0.25, -0.2) is 0 Å². The summed E-state index contributed by atoms with van der Waals surface area (Å²) in [5.41, 5.74) is 0. The standard InChI is InChI=1S/2C6H12O2.C6H14/c1-4-5(2)8-6(3)7;1-3-4-5-8-6(2)7;1-3-5-6-4-2/h5H,4H2,1-3H3;3-5H2,1-2H3;3-6H2,1-2H3. The van der Waals surface area contributed by atoms with Gasteiger partial charge in [-0.2, -0.15) is 0 Å². The van der Waals surface area contributed by atoms with E-state index in [2.05, 4.69) is 25.5 Å². The van der Waals surface area contributed by atoms with Crippen molar-refractivity contribution in [3.05, 3.63) is 0 Å². The lowest BCUT2D eigenvalue weighted by Gasteiger charge is -2.06. The molecule has 0 saturated carbocycles. The van der Waals surface area contributed by atoms with Crippen molar-refractivity contribution in [3.8, 4) is 0 Å². The molecule has 0 rings (SSSR count). The normalized spacial score (nSPS) is 10.3. The highest BCUT2D eigenvalue weighted by atomic mass is 16.5. The second kappa shape index (κ2) is 22.2. The second-order valence-corrected chi connectivity index (χ2v) is 5.23. The van der Waals surface area contributed by atoms with E-state index in [4.69, 9.17) is 4.74 Å². The Morgan fingerprint density at radius 3 is 1.50 bits per heavy atom. The fourth-order valence-corrected chi connectivity index (χ4v) is 1.23. The number of ether oxygens (including phenoxy) is 2. The van der Waals surface area contributed by atoms with Gasteiger partial charge in [0.2, 0.25) is 0 Å². The Labute approximate surface area is 138 Å². The Bertz CT molecular complexity index is 235. The molecule has 0 aliphatic rings. The minimum absolute atomic E-state index is 0.0764. The zero-order chi connectivity index (χ0) is 17.8. The van der Waals surface area contributed by atoms with Crippen molar-refractivity contribution in [3.63, 3.8) is 0 Å². The molecule has 4 heteroatoms. The summed E-state index contributed by atoms with van der Waals surface area (Å²) in [5.74, 6) is -0.377. The lowest BCUT2D eigenvalue weighted by molar-refractivity contribution is -0.145. The Hall–Kier alpha value is -1.06. The first-order valence-corrected chi connectivity index (χ1v) is 8.65. The molecule has 4 nitrogen and oxygen atoms in total. The van der Waals surface area contributed by atoms with Crippen LogP contribution in [-0.2, 0) is 19.1 Å². The lowest BCUT2D eigenvalue weighted by atomic mass is 10.2. The van der Waals surface area contributed by atoms with E-state index >= 15 is 0 Å². The molecule has 0 aliphatic carbocycles. The molecule has 0 aromatic heterocycles. The van der Waals surface area contributed by atoms with Gasteiger partial charge >= 0.3 is 11.9 Å². The third-order valence-corrected chi connectivity index (χ3v) is 2.70. The van der Waals surface area contributed by atoms with Crippen LogP contribution in [0.1, 0.15) is 93.4 Å². The predicted molar refractivity (Wildman–Crippen MR) is 92.9 cm³/mol. The summed E-state index contributed by atoms with van der Waals surface area (Å²) in [4.78, 5) is 20.3. The van der Waals surface area contributed by atoms with Crippen molar-refractivity contribution < 1.29 is 19.1 Å². The van der Waals surface area contributed by atoms with E-state index in [1.54, 1.807) is 0 Å². The Balaban J connectivity index is -0.000000249. The van der Waals surface area contributed by atoms with Crippen LogP contribution in [0.3, 0.4) is 0 Å². The summed E-state index contributed by atoms with van der Waals surface area (Å²) >= 11 is 0. The van der Waals surface area contributed by atoms with Crippen molar-refractivity contribution in [2.75, 3.05) is 6.61 Å². The number of unbranched alkanes of at least 4 members (excludes halogenated alkanes) is 4. The molecule has 0 saturated heterocycles. The highest BCUT2D eigenvalue weighted by molar-refractivity contribution is 5.66. The molecule has 0 aliphatic heterocycles. The van der Waals surface area contributed by atoms with Crippen molar-refractivity contribution in [1.82, 2.24) is 0 Å². The first-order valence-electron chi connectivity index (χ1n) is 8.65. The Kier molecular flexibility index (Phi) is 26.1. The molecule has 0 aromatic carbocycles. The Morgan fingerprint density at radius 1 is 0.818 bits per heavy atom. The van der Waals surface area contributed by atoms with Crippen molar-refractivity contribution in [1.29, 1.82) is 0 Å². The van der Waals surface area contributed by atoms with Crippen molar-refractivity contribution in [2.45, 2.75) is 99.5 Å². The molecule has 0 aromatic rings. The summed E-state index contributed by atoms with van der Waals surface area (Å²) < 4.78 is 9.40. The first-order chi connectivity index (χ1) is 10.3. The molecule has 22 heavy (non-hydrogen) atoms. The van der Waals surface area contributed by atoms with Gasteiger partial charge in [0.05, 0.1) is 12.7 Å². The molecule has 1 unspecified atom stereocenters. The molecule has 0 amide bonds. The number of hydrogen-bond acceptors (Lipinski definition) is 4. The monoisotopic (exact) mass is 318 g/mol.